The average molecular weight is 416 g/mol. The van der Waals surface area contributed by atoms with Crippen LogP contribution in [0.5, 0.6) is 5.75 Å². The fraction of sp³-hybridized carbons (Fsp3) is 0.435. The van der Waals surface area contributed by atoms with Gasteiger partial charge in [0.2, 0.25) is 0 Å². The van der Waals surface area contributed by atoms with E-state index in [-0.39, 0.29) is 12.5 Å². The maximum absolute atomic E-state index is 12.5. The van der Waals surface area contributed by atoms with Crippen molar-refractivity contribution in [1.29, 1.82) is 0 Å². The molecule has 29 heavy (non-hydrogen) atoms. The van der Waals surface area contributed by atoms with E-state index in [1.165, 1.54) is 11.1 Å². The van der Waals surface area contributed by atoms with Gasteiger partial charge in [0, 0.05) is 31.2 Å². The predicted octanol–water partition coefficient (Wildman–Crippen LogP) is 4.54. The standard InChI is InChI=1S/C23H30ClN3O2/c1-16(2)20-7-6-19(13-17(20)3)29-15-23(28)25-21-14-18(24)5-8-22(21)27-11-9-26(4)10-12-27/h5-8,13-14,16H,9-12,15H2,1-4H3,(H,25,28). The summed E-state index contributed by atoms with van der Waals surface area (Å²) in [7, 11) is 2.12. The third kappa shape index (κ3) is 5.64. The van der Waals surface area contributed by atoms with Gasteiger partial charge in [0.1, 0.15) is 5.75 Å². The molecule has 0 aromatic heterocycles. The van der Waals surface area contributed by atoms with Crippen LogP contribution < -0.4 is 15.0 Å². The van der Waals surface area contributed by atoms with E-state index >= 15 is 0 Å². The highest BCUT2D eigenvalue weighted by Gasteiger charge is 2.18. The number of halogens is 1. The molecular weight excluding hydrogens is 386 g/mol. The van der Waals surface area contributed by atoms with Gasteiger partial charge in [-0.1, -0.05) is 31.5 Å². The van der Waals surface area contributed by atoms with Crippen LogP contribution in [0, 0.1) is 6.92 Å². The monoisotopic (exact) mass is 415 g/mol. The Balaban J connectivity index is 1.64. The Hall–Kier alpha value is -2.24. The Morgan fingerprint density at radius 2 is 1.86 bits per heavy atom. The van der Waals surface area contributed by atoms with E-state index in [1.54, 1.807) is 6.07 Å². The first-order valence-corrected chi connectivity index (χ1v) is 10.5. The van der Waals surface area contributed by atoms with E-state index < -0.39 is 0 Å². The fourth-order valence-electron chi connectivity index (χ4n) is 3.65. The molecule has 0 atom stereocenters. The summed E-state index contributed by atoms with van der Waals surface area (Å²) in [4.78, 5) is 17.1. The molecule has 156 valence electrons. The molecule has 1 saturated heterocycles. The first-order chi connectivity index (χ1) is 13.8. The highest BCUT2D eigenvalue weighted by Crippen LogP contribution is 2.30. The second-order valence-electron chi connectivity index (χ2n) is 7.96. The Morgan fingerprint density at radius 1 is 1.14 bits per heavy atom. The van der Waals surface area contributed by atoms with Crippen LogP contribution in [0.15, 0.2) is 36.4 Å². The van der Waals surface area contributed by atoms with E-state index in [9.17, 15) is 4.79 Å². The van der Waals surface area contributed by atoms with Gasteiger partial charge < -0.3 is 19.9 Å². The van der Waals surface area contributed by atoms with Crippen molar-refractivity contribution >= 4 is 28.9 Å². The number of carbonyl (C=O) groups is 1. The quantitative estimate of drug-likeness (QED) is 0.752. The van der Waals surface area contributed by atoms with Crippen LogP contribution in [0.25, 0.3) is 0 Å². The molecule has 0 aliphatic carbocycles. The van der Waals surface area contributed by atoms with Crippen LogP contribution in [0.4, 0.5) is 11.4 Å². The second-order valence-corrected chi connectivity index (χ2v) is 8.40. The smallest absolute Gasteiger partial charge is 0.262 e. The molecule has 0 bridgehead atoms. The summed E-state index contributed by atoms with van der Waals surface area (Å²) < 4.78 is 5.72. The largest absolute Gasteiger partial charge is 0.484 e. The fourth-order valence-corrected chi connectivity index (χ4v) is 3.82. The molecule has 0 radical (unpaired) electrons. The zero-order valence-electron chi connectivity index (χ0n) is 17.7. The van der Waals surface area contributed by atoms with Gasteiger partial charge in [-0.15, -0.1) is 0 Å². The van der Waals surface area contributed by atoms with E-state index in [2.05, 4.69) is 49.0 Å². The number of amides is 1. The summed E-state index contributed by atoms with van der Waals surface area (Å²) >= 11 is 6.18. The number of rotatable bonds is 6. The molecule has 1 heterocycles. The van der Waals surface area contributed by atoms with E-state index in [1.807, 2.05) is 24.3 Å². The van der Waals surface area contributed by atoms with Gasteiger partial charge in [-0.2, -0.15) is 0 Å². The van der Waals surface area contributed by atoms with Gasteiger partial charge in [-0.3, -0.25) is 4.79 Å². The Labute approximate surface area is 178 Å². The maximum Gasteiger partial charge on any atom is 0.262 e. The number of piperazine rings is 1. The lowest BCUT2D eigenvalue weighted by Gasteiger charge is -2.35. The first kappa shape index (κ1) is 21.5. The highest BCUT2D eigenvalue weighted by atomic mass is 35.5. The molecule has 0 spiro atoms. The number of benzene rings is 2. The summed E-state index contributed by atoms with van der Waals surface area (Å²) in [6.07, 6.45) is 0. The van der Waals surface area contributed by atoms with Crippen molar-refractivity contribution in [3.8, 4) is 5.75 Å². The number of nitrogens with one attached hydrogen (secondary N) is 1. The molecule has 2 aromatic carbocycles. The molecule has 1 aliphatic heterocycles. The number of aryl methyl sites for hydroxylation is 1. The van der Waals surface area contributed by atoms with Crippen molar-refractivity contribution in [2.45, 2.75) is 26.7 Å². The lowest BCUT2D eigenvalue weighted by atomic mass is 9.98. The van der Waals surface area contributed by atoms with Crippen LogP contribution in [-0.2, 0) is 4.79 Å². The number of nitrogens with zero attached hydrogens (tertiary/aromatic N) is 2. The third-order valence-corrected chi connectivity index (χ3v) is 5.54. The van der Waals surface area contributed by atoms with Gasteiger partial charge >= 0.3 is 0 Å². The Bertz CT molecular complexity index is 861. The average Bonchev–Trinajstić information content (AvgIpc) is 2.67. The van der Waals surface area contributed by atoms with Crippen LogP contribution in [0.1, 0.15) is 30.9 Å². The molecule has 1 fully saturated rings. The summed E-state index contributed by atoms with van der Waals surface area (Å²) in [6.45, 7) is 10.2. The van der Waals surface area contributed by atoms with Crippen LogP contribution >= 0.6 is 11.6 Å². The van der Waals surface area contributed by atoms with E-state index in [0.29, 0.717) is 16.7 Å². The number of hydrogen-bond acceptors (Lipinski definition) is 4. The molecule has 0 unspecified atom stereocenters. The first-order valence-electron chi connectivity index (χ1n) is 10.1. The number of hydrogen-bond donors (Lipinski definition) is 1. The van der Waals surface area contributed by atoms with E-state index in [0.717, 1.165) is 37.6 Å². The van der Waals surface area contributed by atoms with Gasteiger partial charge in [0.25, 0.3) is 5.91 Å². The maximum atomic E-state index is 12.5. The van der Waals surface area contributed by atoms with Crippen molar-refractivity contribution in [2.24, 2.45) is 0 Å². The van der Waals surface area contributed by atoms with Crippen molar-refractivity contribution < 1.29 is 9.53 Å². The number of anilines is 2. The normalized spacial score (nSPS) is 14.9. The van der Waals surface area contributed by atoms with Crippen molar-refractivity contribution in [3.63, 3.8) is 0 Å². The molecule has 6 heteroatoms. The third-order valence-electron chi connectivity index (χ3n) is 5.31. The van der Waals surface area contributed by atoms with Gasteiger partial charge in [-0.05, 0) is 61.3 Å². The minimum Gasteiger partial charge on any atom is -0.484 e. The molecule has 5 nitrogen and oxygen atoms in total. The Morgan fingerprint density at radius 3 is 2.52 bits per heavy atom. The topological polar surface area (TPSA) is 44.8 Å². The molecule has 1 amide bonds. The molecule has 1 N–H and O–H groups in total. The van der Waals surface area contributed by atoms with Gasteiger partial charge in [-0.25, -0.2) is 0 Å². The van der Waals surface area contributed by atoms with Crippen molar-refractivity contribution in [3.05, 3.63) is 52.5 Å². The molecule has 0 saturated carbocycles. The molecule has 2 aromatic rings. The highest BCUT2D eigenvalue weighted by molar-refractivity contribution is 6.31. The van der Waals surface area contributed by atoms with Crippen molar-refractivity contribution in [1.82, 2.24) is 4.90 Å². The second kappa shape index (κ2) is 9.51. The summed E-state index contributed by atoms with van der Waals surface area (Å²) in [5, 5.41) is 3.57. The summed E-state index contributed by atoms with van der Waals surface area (Å²) in [6, 6.07) is 11.6. The number of ether oxygens (including phenoxy) is 1. The SMILES string of the molecule is Cc1cc(OCC(=O)Nc2cc(Cl)ccc2N2CCN(C)CC2)ccc1C(C)C. The van der Waals surface area contributed by atoms with Crippen molar-refractivity contribution in [2.75, 3.05) is 50.1 Å². The Kier molecular flexibility index (Phi) is 7.04. The zero-order valence-corrected chi connectivity index (χ0v) is 18.4. The molecular formula is C23H30ClN3O2. The molecule has 3 rings (SSSR count). The summed E-state index contributed by atoms with van der Waals surface area (Å²) in [5.41, 5.74) is 4.18. The predicted molar refractivity (Wildman–Crippen MR) is 121 cm³/mol. The van der Waals surface area contributed by atoms with E-state index in [4.69, 9.17) is 16.3 Å². The van der Waals surface area contributed by atoms with Gasteiger partial charge in [0.15, 0.2) is 6.61 Å². The minimum atomic E-state index is -0.201. The zero-order chi connectivity index (χ0) is 21.0. The summed E-state index contributed by atoms with van der Waals surface area (Å²) in [5.74, 6) is 0.962. The minimum absolute atomic E-state index is 0.0465. The van der Waals surface area contributed by atoms with Crippen LogP contribution in [-0.4, -0.2) is 50.6 Å². The van der Waals surface area contributed by atoms with Crippen LogP contribution in [0.2, 0.25) is 5.02 Å². The van der Waals surface area contributed by atoms with Gasteiger partial charge in [0.05, 0.1) is 11.4 Å². The number of carbonyl (C=O) groups excluding carboxylic acids is 1. The lowest BCUT2D eigenvalue weighted by Crippen LogP contribution is -2.44. The lowest BCUT2D eigenvalue weighted by molar-refractivity contribution is -0.118. The number of likely N-dealkylation sites (N-methyl/N-ethyl adjacent to an activating group) is 1. The van der Waals surface area contributed by atoms with Crippen LogP contribution in [0.3, 0.4) is 0 Å². The molecule has 1 aliphatic rings.